The average Bonchev–Trinajstić information content (AvgIpc) is 1.95. The Labute approximate surface area is 71.5 Å². The molecule has 1 rings (SSSR count). The van der Waals surface area contributed by atoms with Gasteiger partial charge in [-0.2, -0.15) is 0 Å². The SMILES string of the molecule is CC(=O)C1(Cl)CCCCC1O. The van der Waals surface area contributed by atoms with Crippen molar-refractivity contribution in [3.63, 3.8) is 0 Å². The number of hydrogen-bond donors (Lipinski definition) is 1. The Morgan fingerprint density at radius 2 is 2.27 bits per heavy atom. The zero-order chi connectivity index (χ0) is 8.48. The molecular weight excluding hydrogens is 164 g/mol. The Morgan fingerprint density at radius 1 is 1.64 bits per heavy atom. The van der Waals surface area contributed by atoms with E-state index in [0.717, 1.165) is 12.8 Å². The van der Waals surface area contributed by atoms with Gasteiger partial charge in [-0.15, -0.1) is 11.6 Å². The van der Waals surface area contributed by atoms with E-state index in [4.69, 9.17) is 11.6 Å². The third-order valence-electron chi connectivity index (χ3n) is 2.38. The molecule has 1 fully saturated rings. The van der Waals surface area contributed by atoms with E-state index in [1.807, 2.05) is 0 Å². The number of Topliss-reactive ketones (excluding diaryl/α,β-unsaturated/α-hetero) is 1. The van der Waals surface area contributed by atoms with Crippen LogP contribution in [0.15, 0.2) is 0 Å². The van der Waals surface area contributed by atoms with E-state index in [0.29, 0.717) is 12.8 Å². The standard InChI is InChI=1S/C8H13ClO2/c1-6(10)8(9)5-3-2-4-7(8)11/h7,11H,2-5H2,1H3. The Morgan fingerprint density at radius 3 is 2.64 bits per heavy atom. The summed E-state index contributed by atoms with van der Waals surface area (Å²) in [6.45, 7) is 1.45. The lowest BCUT2D eigenvalue weighted by molar-refractivity contribution is -0.123. The van der Waals surface area contributed by atoms with Crippen LogP contribution in [-0.2, 0) is 4.79 Å². The fraction of sp³-hybridized carbons (Fsp3) is 0.875. The predicted octanol–water partition coefficient (Wildman–Crippen LogP) is 1.49. The van der Waals surface area contributed by atoms with Gasteiger partial charge in [0.15, 0.2) is 5.78 Å². The summed E-state index contributed by atoms with van der Waals surface area (Å²) in [5, 5.41) is 9.45. The lowest BCUT2D eigenvalue weighted by Crippen LogP contribution is -2.45. The molecule has 0 amide bonds. The molecule has 0 saturated heterocycles. The molecule has 0 spiro atoms. The van der Waals surface area contributed by atoms with Crippen molar-refractivity contribution in [2.45, 2.75) is 43.6 Å². The van der Waals surface area contributed by atoms with Crippen LogP contribution < -0.4 is 0 Å². The van der Waals surface area contributed by atoms with Gasteiger partial charge in [-0.3, -0.25) is 4.79 Å². The maximum atomic E-state index is 11.0. The highest BCUT2D eigenvalue weighted by Crippen LogP contribution is 2.35. The summed E-state index contributed by atoms with van der Waals surface area (Å²) in [6.07, 6.45) is 2.55. The second kappa shape index (κ2) is 3.11. The first kappa shape index (κ1) is 9.01. The molecule has 3 heteroatoms. The molecule has 2 nitrogen and oxygen atoms in total. The van der Waals surface area contributed by atoms with Gasteiger partial charge in [0.25, 0.3) is 0 Å². The molecule has 0 aliphatic heterocycles. The van der Waals surface area contributed by atoms with Gasteiger partial charge in [0.1, 0.15) is 4.87 Å². The monoisotopic (exact) mass is 176 g/mol. The third-order valence-corrected chi connectivity index (χ3v) is 3.09. The molecule has 0 aromatic heterocycles. The molecule has 0 aromatic rings. The Bertz CT molecular complexity index is 169. The van der Waals surface area contributed by atoms with Crippen LogP contribution in [0.5, 0.6) is 0 Å². The van der Waals surface area contributed by atoms with Crippen LogP contribution in [-0.4, -0.2) is 21.9 Å². The molecule has 64 valence electrons. The highest BCUT2D eigenvalue weighted by molar-refractivity contribution is 6.35. The molecule has 1 saturated carbocycles. The number of hydrogen-bond acceptors (Lipinski definition) is 2. The summed E-state index contributed by atoms with van der Waals surface area (Å²) in [5.41, 5.74) is 0. The summed E-state index contributed by atoms with van der Waals surface area (Å²) < 4.78 is 0. The van der Waals surface area contributed by atoms with Crippen molar-refractivity contribution in [3.05, 3.63) is 0 Å². The topological polar surface area (TPSA) is 37.3 Å². The molecule has 0 aromatic carbocycles. The molecule has 0 heterocycles. The minimum Gasteiger partial charge on any atom is -0.391 e. The van der Waals surface area contributed by atoms with Crippen LogP contribution in [0.1, 0.15) is 32.6 Å². The molecule has 2 atom stereocenters. The van der Waals surface area contributed by atoms with Gasteiger partial charge in [0.05, 0.1) is 6.10 Å². The minimum atomic E-state index is -0.974. The predicted molar refractivity (Wildman–Crippen MR) is 43.7 cm³/mol. The van der Waals surface area contributed by atoms with Crippen molar-refractivity contribution >= 4 is 17.4 Å². The fourth-order valence-corrected chi connectivity index (χ4v) is 1.77. The zero-order valence-electron chi connectivity index (χ0n) is 6.64. The summed E-state index contributed by atoms with van der Waals surface area (Å²) >= 11 is 5.96. The Hall–Kier alpha value is -0.0800. The molecular formula is C8H13ClO2. The normalized spacial score (nSPS) is 38.6. The van der Waals surface area contributed by atoms with Gasteiger partial charge in [0, 0.05) is 0 Å². The van der Waals surface area contributed by atoms with Crippen molar-refractivity contribution in [3.8, 4) is 0 Å². The van der Waals surface area contributed by atoms with Crippen LogP contribution in [0.25, 0.3) is 0 Å². The smallest absolute Gasteiger partial charge is 0.153 e. The number of carbonyl (C=O) groups excluding carboxylic acids is 1. The van der Waals surface area contributed by atoms with E-state index in [1.54, 1.807) is 0 Å². The summed E-state index contributed by atoms with van der Waals surface area (Å²) in [5.74, 6) is -0.105. The van der Waals surface area contributed by atoms with Crippen molar-refractivity contribution in [1.82, 2.24) is 0 Å². The number of ketones is 1. The summed E-state index contributed by atoms with van der Waals surface area (Å²) in [6, 6.07) is 0. The third kappa shape index (κ3) is 1.57. The quantitative estimate of drug-likeness (QED) is 0.615. The van der Waals surface area contributed by atoms with Gasteiger partial charge in [-0.05, 0) is 19.8 Å². The molecule has 1 N–H and O–H groups in total. The van der Waals surface area contributed by atoms with Gasteiger partial charge < -0.3 is 5.11 Å². The van der Waals surface area contributed by atoms with Gasteiger partial charge in [0.2, 0.25) is 0 Å². The number of aliphatic hydroxyl groups is 1. The Kier molecular flexibility index (Phi) is 2.55. The van der Waals surface area contributed by atoms with Gasteiger partial charge in [-0.25, -0.2) is 0 Å². The lowest BCUT2D eigenvalue weighted by Gasteiger charge is -2.33. The largest absolute Gasteiger partial charge is 0.391 e. The van der Waals surface area contributed by atoms with E-state index >= 15 is 0 Å². The second-order valence-corrected chi connectivity index (χ2v) is 3.85. The number of alkyl halides is 1. The highest BCUT2D eigenvalue weighted by Gasteiger charge is 2.42. The number of carbonyl (C=O) groups is 1. The van der Waals surface area contributed by atoms with Crippen molar-refractivity contribution in [1.29, 1.82) is 0 Å². The minimum absolute atomic E-state index is 0.105. The van der Waals surface area contributed by atoms with Gasteiger partial charge in [-0.1, -0.05) is 12.8 Å². The summed E-state index contributed by atoms with van der Waals surface area (Å²) in [7, 11) is 0. The number of rotatable bonds is 1. The van der Waals surface area contributed by atoms with Crippen LogP contribution in [0, 0.1) is 0 Å². The lowest BCUT2D eigenvalue weighted by atomic mass is 9.83. The van der Waals surface area contributed by atoms with E-state index in [9.17, 15) is 9.90 Å². The fourth-order valence-electron chi connectivity index (χ4n) is 1.53. The molecule has 0 bridgehead atoms. The van der Waals surface area contributed by atoms with E-state index < -0.39 is 11.0 Å². The zero-order valence-corrected chi connectivity index (χ0v) is 7.40. The molecule has 11 heavy (non-hydrogen) atoms. The number of halogens is 1. The van der Waals surface area contributed by atoms with Crippen molar-refractivity contribution < 1.29 is 9.90 Å². The molecule has 1 aliphatic rings. The first-order valence-electron chi connectivity index (χ1n) is 3.95. The first-order chi connectivity index (χ1) is 5.07. The van der Waals surface area contributed by atoms with Crippen molar-refractivity contribution in [2.24, 2.45) is 0 Å². The maximum Gasteiger partial charge on any atom is 0.153 e. The highest BCUT2D eigenvalue weighted by atomic mass is 35.5. The van der Waals surface area contributed by atoms with E-state index in [-0.39, 0.29) is 5.78 Å². The van der Waals surface area contributed by atoms with Crippen LogP contribution in [0.3, 0.4) is 0 Å². The molecule has 0 radical (unpaired) electrons. The number of aliphatic hydroxyl groups excluding tert-OH is 1. The van der Waals surface area contributed by atoms with Crippen LogP contribution in [0.2, 0.25) is 0 Å². The van der Waals surface area contributed by atoms with Crippen LogP contribution in [0.4, 0.5) is 0 Å². The average molecular weight is 177 g/mol. The van der Waals surface area contributed by atoms with Gasteiger partial charge >= 0.3 is 0 Å². The van der Waals surface area contributed by atoms with Crippen molar-refractivity contribution in [2.75, 3.05) is 0 Å². The molecule has 1 aliphatic carbocycles. The Balaban J connectivity index is 2.72. The second-order valence-electron chi connectivity index (χ2n) is 3.18. The summed E-state index contributed by atoms with van der Waals surface area (Å²) in [4.78, 5) is 10.1. The van der Waals surface area contributed by atoms with E-state index in [2.05, 4.69) is 0 Å². The van der Waals surface area contributed by atoms with E-state index in [1.165, 1.54) is 6.92 Å². The van der Waals surface area contributed by atoms with Crippen LogP contribution >= 0.6 is 11.6 Å². The molecule has 2 unspecified atom stereocenters. The first-order valence-corrected chi connectivity index (χ1v) is 4.33. The maximum absolute atomic E-state index is 11.0.